The number of rotatable bonds is 5. The van der Waals surface area contributed by atoms with E-state index in [4.69, 9.17) is 11.6 Å². The normalized spacial score (nSPS) is 10.2. The van der Waals surface area contributed by atoms with Gasteiger partial charge in [0.25, 0.3) is 5.91 Å². The standard InChI is InChI=1S/C16H18ClN3O/c1-3-9-18-14-8-7-12(17)11-13(14)16(21)20(2)15-6-4-5-10-19-15/h4-8,10-11,18H,3,9H2,1-2H3. The molecule has 0 aliphatic carbocycles. The van der Waals surface area contributed by atoms with Gasteiger partial charge in [0, 0.05) is 30.5 Å². The maximum atomic E-state index is 12.7. The largest absolute Gasteiger partial charge is 0.384 e. The number of pyridine rings is 1. The lowest BCUT2D eigenvalue weighted by molar-refractivity contribution is 0.0993. The summed E-state index contributed by atoms with van der Waals surface area (Å²) in [6.07, 6.45) is 2.64. The first-order valence-electron chi connectivity index (χ1n) is 6.86. The molecule has 0 atom stereocenters. The molecule has 0 bridgehead atoms. The van der Waals surface area contributed by atoms with E-state index < -0.39 is 0 Å². The molecule has 1 aromatic carbocycles. The minimum absolute atomic E-state index is 0.144. The summed E-state index contributed by atoms with van der Waals surface area (Å²) in [5.41, 5.74) is 1.33. The van der Waals surface area contributed by atoms with Gasteiger partial charge >= 0.3 is 0 Å². The van der Waals surface area contributed by atoms with Crippen molar-refractivity contribution in [1.29, 1.82) is 0 Å². The number of carbonyl (C=O) groups is 1. The number of hydrogen-bond acceptors (Lipinski definition) is 3. The number of nitrogens with zero attached hydrogens (tertiary/aromatic N) is 2. The summed E-state index contributed by atoms with van der Waals surface area (Å²) in [5, 5.41) is 3.79. The van der Waals surface area contributed by atoms with Gasteiger partial charge in [0.05, 0.1) is 5.56 Å². The summed E-state index contributed by atoms with van der Waals surface area (Å²) in [4.78, 5) is 18.4. The molecule has 0 aliphatic heterocycles. The van der Waals surface area contributed by atoms with Gasteiger partial charge < -0.3 is 5.32 Å². The summed E-state index contributed by atoms with van der Waals surface area (Å²) in [6, 6.07) is 10.7. The number of nitrogens with one attached hydrogen (secondary N) is 1. The second kappa shape index (κ2) is 7.09. The second-order valence-corrected chi connectivity index (χ2v) is 5.11. The highest BCUT2D eigenvalue weighted by Crippen LogP contribution is 2.23. The summed E-state index contributed by atoms with van der Waals surface area (Å²) in [7, 11) is 1.70. The second-order valence-electron chi connectivity index (χ2n) is 4.67. The zero-order valence-electron chi connectivity index (χ0n) is 12.1. The van der Waals surface area contributed by atoms with Gasteiger partial charge in [-0.2, -0.15) is 0 Å². The molecule has 0 aliphatic rings. The molecule has 110 valence electrons. The van der Waals surface area contributed by atoms with Crippen LogP contribution in [0.4, 0.5) is 11.5 Å². The molecular formula is C16H18ClN3O. The fourth-order valence-electron chi connectivity index (χ4n) is 1.94. The molecule has 0 unspecified atom stereocenters. The van der Waals surface area contributed by atoms with Crippen LogP contribution in [0.1, 0.15) is 23.7 Å². The Kier molecular flexibility index (Phi) is 5.17. The van der Waals surface area contributed by atoms with E-state index in [1.165, 1.54) is 4.90 Å². The van der Waals surface area contributed by atoms with Crippen LogP contribution in [0, 0.1) is 0 Å². The summed E-state index contributed by atoms with van der Waals surface area (Å²) >= 11 is 6.03. The summed E-state index contributed by atoms with van der Waals surface area (Å²) < 4.78 is 0. The minimum atomic E-state index is -0.144. The Morgan fingerprint density at radius 2 is 2.14 bits per heavy atom. The van der Waals surface area contributed by atoms with E-state index in [9.17, 15) is 4.79 Å². The molecule has 1 amide bonds. The maximum Gasteiger partial charge on any atom is 0.261 e. The quantitative estimate of drug-likeness (QED) is 0.913. The van der Waals surface area contributed by atoms with Gasteiger partial charge in [0.15, 0.2) is 0 Å². The lowest BCUT2D eigenvalue weighted by Crippen LogP contribution is -2.28. The van der Waals surface area contributed by atoms with Crippen LogP contribution < -0.4 is 10.2 Å². The van der Waals surface area contributed by atoms with Gasteiger partial charge in [-0.25, -0.2) is 4.98 Å². The molecule has 1 heterocycles. The molecule has 2 rings (SSSR count). The van der Waals surface area contributed by atoms with Gasteiger partial charge in [0.2, 0.25) is 0 Å². The van der Waals surface area contributed by atoms with E-state index >= 15 is 0 Å². The summed E-state index contributed by atoms with van der Waals surface area (Å²) in [6.45, 7) is 2.87. The molecule has 5 heteroatoms. The molecule has 2 aromatic rings. The zero-order valence-corrected chi connectivity index (χ0v) is 12.9. The fraction of sp³-hybridized carbons (Fsp3) is 0.250. The predicted molar refractivity (Wildman–Crippen MR) is 87.2 cm³/mol. The van der Waals surface area contributed by atoms with Crippen molar-refractivity contribution in [3.8, 4) is 0 Å². The monoisotopic (exact) mass is 303 g/mol. The highest BCUT2D eigenvalue weighted by atomic mass is 35.5. The zero-order chi connectivity index (χ0) is 15.2. The van der Waals surface area contributed by atoms with Crippen LogP contribution in [0.25, 0.3) is 0 Å². The molecule has 1 aromatic heterocycles. The van der Waals surface area contributed by atoms with E-state index in [-0.39, 0.29) is 5.91 Å². The van der Waals surface area contributed by atoms with Crippen LogP contribution in [0.2, 0.25) is 5.02 Å². The third kappa shape index (κ3) is 3.73. The molecule has 4 nitrogen and oxygen atoms in total. The Bertz CT molecular complexity index is 616. The lowest BCUT2D eigenvalue weighted by atomic mass is 10.1. The van der Waals surface area contributed by atoms with Crippen LogP contribution in [0.5, 0.6) is 0 Å². The number of halogens is 1. The van der Waals surface area contributed by atoms with Gasteiger partial charge in [-0.1, -0.05) is 24.6 Å². The van der Waals surface area contributed by atoms with Crippen molar-refractivity contribution in [1.82, 2.24) is 4.98 Å². The third-order valence-corrected chi connectivity index (χ3v) is 3.31. The van der Waals surface area contributed by atoms with E-state index in [0.29, 0.717) is 16.4 Å². The Morgan fingerprint density at radius 3 is 2.81 bits per heavy atom. The van der Waals surface area contributed by atoms with Crippen molar-refractivity contribution in [2.24, 2.45) is 0 Å². The topological polar surface area (TPSA) is 45.2 Å². The molecule has 0 radical (unpaired) electrons. The van der Waals surface area contributed by atoms with Gasteiger partial charge in [-0.3, -0.25) is 9.69 Å². The first-order valence-corrected chi connectivity index (χ1v) is 7.23. The Balaban J connectivity index is 2.31. The van der Waals surface area contributed by atoms with Gasteiger partial charge in [-0.15, -0.1) is 0 Å². The lowest BCUT2D eigenvalue weighted by Gasteiger charge is -2.19. The molecule has 0 saturated heterocycles. The molecular weight excluding hydrogens is 286 g/mol. The van der Waals surface area contributed by atoms with Crippen LogP contribution >= 0.6 is 11.6 Å². The van der Waals surface area contributed by atoms with Gasteiger partial charge in [-0.05, 0) is 36.8 Å². The van der Waals surface area contributed by atoms with Crippen molar-refractivity contribution in [2.45, 2.75) is 13.3 Å². The first-order chi connectivity index (χ1) is 10.1. The number of carbonyl (C=O) groups excluding carboxylic acids is 1. The van der Waals surface area contributed by atoms with Crippen LogP contribution in [-0.4, -0.2) is 24.5 Å². The molecule has 0 spiro atoms. The number of benzene rings is 1. The van der Waals surface area contributed by atoms with Crippen molar-refractivity contribution >= 4 is 29.0 Å². The minimum Gasteiger partial charge on any atom is -0.384 e. The van der Waals surface area contributed by atoms with Gasteiger partial charge in [0.1, 0.15) is 5.82 Å². The number of amides is 1. The number of hydrogen-bond donors (Lipinski definition) is 1. The smallest absolute Gasteiger partial charge is 0.261 e. The van der Waals surface area contributed by atoms with Crippen molar-refractivity contribution < 1.29 is 4.79 Å². The average molecular weight is 304 g/mol. The fourth-order valence-corrected chi connectivity index (χ4v) is 2.12. The Hall–Kier alpha value is -2.07. The molecule has 0 saturated carbocycles. The Labute approximate surface area is 129 Å². The van der Waals surface area contributed by atoms with E-state index in [2.05, 4.69) is 17.2 Å². The van der Waals surface area contributed by atoms with Crippen molar-refractivity contribution in [3.63, 3.8) is 0 Å². The number of anilines is 2. The molecule has 21 heavy (non-hydrogen) atoms. The maximum absolute atomic E-state index is 12.7. The SMILES string of the molecule is CCCNc1ccc(Cl)cc1C(=O)N(C)c1ccccn1. The average Bonchev–Trinajstić information content (AvgIpc) is 2.53. The highest BCUT2D eigenvalue weighted by Gasteiger charge is 2.18. The predicted octanol–water partition coefficient (Wildman–Crippen LogP) is 3.83. The summed E-state index contributed by atoms with van der Waals surface area (Å²) in [5.74, 6) is 0.457. The molecule has 1 N–H and O–H groups in total. The molecule has 0 fully saturated rings. The van der Waals surface area contributed by atoms with Crippen molar-refractivity contribution in [3.05, 3.63) is 53.2 Å². The van der Waals surface area contributed by atoms with E-state index in [1.54, 1.807) is 31.4 Å². The van der Waals surface area contributed by atoms with E-state index in [0.717, 1.165) is 18.7 Å². The van der Waals surface area contributed by atoms with Crippen LogP contribution in [0.3, 0.4) is 0 Å². The third-order valence-electron chi connectivity index (χ3n) is 3.08. The highest BCUT2D eigenvalue weighted by molar-refractivity contribution is 6.31. The van der Waals surface area contributed by atoms with Crippen molar-refractivity contribution in [2.75, 3.05) is 23.8 Å². The number of aromatic nitrogens is 1. The van der Waals surface area contributed by atoms with Crippen LogP contribution in [-0.2, 0) is 0 Å². The van der Waals surface area contributed by atoms with E-state index in [1.807, 2.05) is 18.2 Å². The van der Waals surface area contributed by atoms with Crippen LogP contribution in [0.15, 0.2) is 42.6 Å². The first kappa shape index (κ1) is 15.3. The Morgan fingerprint density at radius 1 is 1.33 bits per heavy atom.